The lowest BCUT2D eigenvalue weighted by atomic mass is 10.1. The molecule has 146 valence electrons. The number of hydrogen-bond donors (Lipinski definition) is 1. The van der Waals surface area contributed by atoms with Crippen molar-refractivity contribution in [2.45, 2.75) is 28.4 Å². The van der Waals surface area contributed by atoms with Crippen LogP contribution in [0.1, 0.15) is 23.6 Å². The van der Waals surface area contributed by atoms with Gasteiger partial charge >= 0.3 is 6.18 Å². The molecule has 1 N–H and O–H groups in total. The van der Waals surface area contributed by atoms with Crippen LogP contribution >= 0.6 is 11.6 Å². The fourth-order valence-electron chi connectivity index (χ4n) is 2.83. The Morgan fingerprint density at radius 2 is 1.81 bits per heavy atom. The number of rotatable bonds is 3. The predicted molar refractivity (Wildman–Crippen MR) is 92.6 cm³/mol. The van der Waals surface area contributed by atoms with Crippen LogP contribution in [0.15, 0.2) is 52.3 Å². The van der Waals surface area contributed by atoms with E-state index in [1.54, 1.807) is 0 Å². The molecular weight excluding hydrogens is 427 g/mol. The number of nitrogens with one attached hydrogen (secondary N) is 1. The summed E-state index contributed by atoms with van der Waals surface area (Å²) in [5, 5.41) is 0.217. The summed E-state index contributed by atoms with van der Waals surface area (Å²) in [4.78, 5) is -0.607. The van der Waals surface area contributed by atoms with Crippen LogP contribution in [-0.2, 0) is 26.0 Å². The van der Waals surface area contributed by atoms with Gasteiger partial charge in [0.15, 0.2) is 9.84 Å². The third-order valence-electron chi connectivity index (χ3n) is 4.13. The molecule has 5 nitrogen and oxygen atoms in total. The van der Waals surface area contributed by atoms with E-state index in [0.29, 0.717) is 6.07 Å². The molecule has 1 aliphatic heterocycles. The number of alkyl halides is 3. The van der Waals surface area contributed by atoms with Gasteiger partial charge in [-0.05, 0) is 48.4 Å². The minimum absolute atomic E-state index is 0.0464. The standard InChI is InChI=1S/C16H13ClF3NO4S2/c17-11-4-5-15-13(9-11)14(6-7-26(15,22)23)21-27(24,25)12-3-1-2-10(8-12)16(18,19)20/h1-5,8-9,14,21H,6-7H2/t14-/m1/s1. The number of benzene rings is 2. The van der Waals surface area contributed by atoms with Gasteiger partial charge in [0.2, 0.25) is 10.0 Å². The van der Waals surface area contributed by atoms with Crippen LogP contribution < -0.4 is 4.72 Å². The van der Waals surface area contributed by atoms with Gasteiger partial charge in [-0.3, -0.25) is 0 Å². The first-order chi connectivity index (χ1) is 12.4. The van der Waals surface area contributed by atoms with Crippen LogP contribution in [0.25, 0.3) is 0 Å². The smallest absolute Gasteiger partial charge is 0.224 e. The second-order valence-electron chi connectivity index (χ2n) is 5.99. The van der Waals surface area contributed by atoms with Crippen molar-refractivity contribution in [2.24, 2.45) is 0 Å². The average Bonchev–Trinajstić information content (AvgIpc) is 2.57. The maximum atomic E-state index is 12.8. The van der Waals surface area contributed by atoms with E-state index in [4.69, 9.17) is 11.6 Å². The quantitative estimate of drug-likeness (QED) is 0.793. The molecule has 2 aromatic carbocycles. The molecule has 0 aliphatic carbocycles. The summed E-state index contributed by atoms with van der Waals surface area (Å²) in [5.41, 5.74) is -0.927. The Bertz CT molecular complexity index is 1100. The van der Waals surface area contributed by atoms with Crippen molar-refractivity contribution in [3.05, 3.63) is 58.6 Å². The van der Waals surface area contributed by atoms with Crippen LogP contribution in [0.4, 0.5) is 13.2 Å². The fraction of sp³-hybridized carbons (Fsp3) is 0.250. The summed E-state index contributed by atoms with van der Waals surface area (Å²) in [6, 6.07) is 6.40. The monoisotopic (exact) mass is 439 g/mol. The van der Waals surface area contributed by atoms with Crippen LogP contribution in [0.5, 0.6) is 0 Å². The average molecular weight is 440 g/mol. The normalized spacial score (nSPS) is 19.5. The molecule has 0 saturated carbocycles. The van der Waals surface area contributed by atoms with Crippen molar-refractivity contribution in [2.75, 3.05) is 5.75 Å². The van der Waals surface area contributed by atoms with Gasteiger partial charge in [-0.15, -0.1) is 0 Å². The second-order valence-corrected chi connectivity index (χ2v) is 10.2. The van der Waals surface area contributed by atoms with Crippen LogP contribution in [0.3, 0.4) is 0 Å². The van der Waals surface area contributed by atoms with Crippen LogP contribution in [-0.4, -0.2) is 22.6 Å². The fourth-order valence-corrected chi connectivity index (χ4v) is 5.91. The van der Waals surface area contributed by atoms with Gasteiger partial charge in [-0.25, -0.2) is 21.6 Å². The molecule has 0 saturated heterocycles. The summed E-state index contributed by atoms with van der Waals surface area (Å²) in [5.74, 6) is -0.294. The number of sulfonamides is 1. The first-order valence-electron chi connectivity index (χ1n) is 7.62. The molecule has 3 rings (SSSR count). The molecular formula is C16H13ClF3NO4S2. The molecule has 1 aliphatic rings. The van der Waals surface area contributed by atoms with Crippen LogP contribution in [0, 0.1) is 0 Å². The number of halogens is 4. The Morgan fingerprint density at radius 3 is 2.48 bits per heavy atom. The SMILES string of the molecule is O=S1(=O)CC[C@@H](NS(=O)(=O)c2cccc(C(F)(F)F)c2)c2cc(Cl)ccc21. The first kappa shape index (κ1) is 20.1. The van der Waals surface area contributed by atoms with Gasteiger partial charge in [-0.1, -0.05) is 17.7 Å². The minimum atomic E-state index is -4.69. The van der Waals surface area contributed by atoms with Gasteiger partial charge in [0.1, 0.15) is 0 Å². The van der Waals surface area contributed by atoms with E-state index in [1.807, 2.05) is 0 Å². The molecule has 0 bridgehead atoms. The number of fused-ring (bicyclic) bond motifs is 1. The summed E-state index contributed by atoms with van der Waals surface area (Å²) < 4.78 is 90.3. The topological polar surface area (TPSA) is 80.3 Å². The highest BCUT2D eigenvalue weighted by Gasteiger charge is 2.35. The molecule has 0 fully saturated rings. The van der Waals surface area contributed by atoms with Gasteiger partial charge in [0.25, 0.3) is 0 Å². The van der Waals surface area contributed by atoms with Crippen LogP contribution in [0.2, 0.25) is 5.02 Å². The highest BCUT2D eigenvalue weighted by molar-refractivity contribution is 7.91. The third-order valence-corrected chi connectivity index (χ3v) is 7.65. The van der Waals surface area contributed by atoms with Crippen molar-refractivity contribution in [3.8, 4) is 0 Å². The molecule has 1 heterocycles. The maximum Gasteiger partial charge on any atom is 0.416 e. The summed E-state index contributed by atoms with van der Waals surface area (Å²) in [6.45, 7) is 0. The van der Waals surface area contributed by atoms with Gasteiger partial charge in [-0.2, -0.15) is 13.2 Å². The molecule has 0 amide bonds. The summed E-state index contributed by atoms with van der Waals surface area (Å²) in [6.07, 6.45) is -4.75. The Hall–Kier alpha value is -1.62. The lowest BCUT2D eigenvalue weighted by Crippen LogP contribution is -2.34. The zero-order valence-corrected chi connectivity index (χ0v) is 15.9. The molecule has 0 spiro atoms. The lowest BCUT2D eigenvalue weighted by Gasteiger charge is -2.26. The molecule has 0 aromatic heterocycles. The molecule has 0 unspecified atom stereocenters. The van der Waals surface area contributed by atoms with E-state index in [0.717, 1.165) is 18.2 Å². The second kappa shape index (κ2) is 6.77. The van der Waals surface area contributed by atoms with E-state index < -0.39 is 42.5 Å². The highest BCUT2D eigenvalue weighted by atomic mass is 35.5. The van der Waals surface area contributed by atoms with E-state index in [1.165, 1.54) is 18.2 Å². The number of hydrogen-bond acceptors (Lipinski definition) is 4. The minimum Gasteiger partial charge on any atom is -0.224 e. The van der Waals surface area contributed by atoms with E-state index in [-0.39, 0.29) is 27.7 Å². The van der Waals surface area contributed by atoms with Crippen molar-refractivity contribution in [1.82, 2.24) is 4.72 Å². The largest absolute Gasteiger partial charge is 0.416 e. The predicted octanol–water partition coefficient (Wildman–Crippen LogP) is 3.56. The number of sulfone groups is 1. The molecule has 27 heavy (non-hydrogen) atoms. The molecule has 11 heteroatoms. The Kier molecular flexibility index (Phi) is 5.04. The molecule has 0 radical (unpaired) electrons. The zero-order chi connectivity index (χ0) is 20.0. The first-order valence-corrected chi connectivity index (χ1v) is 11.1. The lowest BCUT2D eigenvalue weighted by molar-refractivity contribution is -0.137. The Morgan fingerprint density at radius 1 is 1.11 bits per heavy atom. The highest BCUT2D eigenvalue weighted by Crippen LogP contribution is 2.35. The zero-order valence-electron chi connectivity index (χ0n) is 13.5. The van der Waals surface area contributed by atoms with Crippen molar-refractivity contribution in [3.63, 3.8) is 0 Å². The van der Waals surface area contributed by atoms with E-state index >= 15 is 0 Å². The van der Waals surface area contributed by atoms with E-state index in [2.05, 4.69) is 4.72 Å². The summed E-state index contributed by atoms with van der Waals surface area (Å²) >= 11 is 5.90. The summed E-state index contributed by atoms with van der Waals surface area (Å²) in [7, 11) is -7.90. The van der Waals surface area contributed by atoms with Crippen molar-refractivity contribution in [1.29, 1.82) is 0 Å². The van der Waals surface area contributed by atoms with E-state index in [9.17, 15) is 30.0 Å². The molecule has 2 aromatic rings. The Labute approximate surface area is 159 Å². The van der Waals surface area contributed by atoms with Crippen molar-refractivity contribution >= 4 is 31.5 Å². The third kappa shape index (κ3) is 4.13. The van der Waals surface area contributed by atoms with Gasteiger partial charge in [0.05, 0.1) is 21.1 Å². The van der Waals surface area contributed by atoms with Gasteiger partial charge < -0.3 is 0 Å². The van der Waals surface area contributed by atoms with Crippen molar-refractivity contribution < 1.29 is 30.0 Å². The maximum absolute atomic E-state index is 12.8. The van der Waals surface area contributed by atoms with Gasteiger partial charge in [0, 0.05) is 11.1 Å². The molecule has 1 atom stereocenters. The Balaban J connectivity index is 1.99.